The van der Waals surface area contributed by atoms with Crippen LogP contribution in [0.1, 0.15) is 11.5 Å². The van der Waals surface area contributed by atoms with Gasteiger partial charge in [0, 0.05) is 5.92 Å². The number of hydrogen-bond acceptors (Lipinski definition) is 4. The van der Waals surface area contributed by atoms with E-state index in [1.165, 1.54) is 42.5 Å². The van der Waals surface area contributed by atoms with Gasteiger partial charge in [-0.15, -0.1) is 0 Å². The number of halogens is 1. The van der Waals surface area contributed by atoms with Crippen molar-refractivity contribution < 1.29 is 22.7 Å². The van der Waals surface area contributed by atoms with Crippen LogP contribution in [0, 0.1) is 22.6 Å². The van der Waals surface area contributed by atoms with Gasteiger partial charge in [0.1, 0.15) is 11.1 Å². The summed E-state index contributed by atoms with van der Waals surface area (Å²) in [6.45, 7) is 0. The zero-order chi connectivity index (χ0) is 17.5. The Bertz CT molecular complexity index is 952. The third-order valence-corrected chi connectivity index (χ3v) is 6.53. The van der Waals surface area contributed by atoms with Gasteiger partial charge in [0.25, 0.3) is 0 Å². The van der Waals surface area contributed by atoms with E-state index in [0.29, 0.717) is 0 Å². The van der Waals surface area contributed by atoms with Crippen LogP contribution in [0.5, 0.6) is 0 Å². The molecule has 0 bridgehead atoms. The maximum absolute atomic E-state index is 13.5. The van der Waals surface area contributed by atoms with E-state index in [2.05, 4.69) is 0 Å². The maximum atomic E-state index is 13.5. The summed E-state index contributed by atoms with van der Waals surface area (Å²) in [6, 6.07) is 14.0. The number of sulfone groups is 1. The first-order valence-electron chi connectivity index (χ1n) is 7.04. The fourth-order valence-corrected chi connectivity index (χ4v) is 5.38. The molecule has 0 amide bonds. The molecule has 2 aromatic carbocycles. The molecule has 7 heteroatoms. The molecule has 0 aliphatic heterocycles. The molecular formula is C17H12FNO4S. The van der Waals surface area contributed by atoms with Crippen molar-refractivity contribution in [3.8, 4) is 6.07 Å². The molecule has 0 radical (unpaired) electrons. The van der Waals surface area contributed by atoms with Gasteiger partial charge < -0.3 is 5.11 Å². The first kappa shape index (κ1) is 16.1. The average Bonchev–Trinajstić information content (AvgIpc) is 3.27. The molecule has 0 spiro atoms. The summed E-state index contributed by atoms with van der Waals surface area (Å²) < 4.78 is 39.1. The molecule has 1 aliphatic carbocycles. The molecule has 1 saturated carbocycles. The summed E-state index contributed by atoms with van der Waals surface area (Å²) in [7, 11) is -4.07. The quantitative estimate of drug-likeness (QED) is 0.918. The highest BCUT2D eigenvalue weighted by Gasteiger charge is 2.77. The molecule has 0 saturated heterocycles. The zero-order valence-electron chi connectivity index (χ0n) is 12.3. The predicted octanol–water partition coefficient (Wildman–Crippen LogP) is 2.36. The lowest BCUT2D eigenvalue weighted by atomic mass is 10.0. The summed E-state index contributed by atoms with van der Waals surface area (Å²) in [4.78, 5) is 11.6. The lowest BCUT2D eigenvalue weighted by molar-refractivity contribution is -0.141. The first-order chi connectivity index (χ1) is 11.4. The Balaban J connectivity index is 2.16. The van der Waals surface area contributed by atoms with E-state index in [-0.39, 0.29) is 10.5 Å². The average molecular weight is 345 g/mol. The normalized spacial score (nSPS) is 25.7. The van der Waals surface area contributed by atoms with Crippen LogP contribution in [0.2, 0.25) is 0 Å². The molecule has 1 aliphatic rings. The molecule has 1 N–H and O–H groups in total. The number of aliphatic carboxylic acids is 1. The van der Waals surface area contributed by atoms with Crippen LogP contribution in [0.3, 0.4) is 0 Å². The van der Waals surface area contributed by atoms with Crippen molar-refractivity contribution in [2.75, 3.05) is 0 Å². The van der Waals surface area contributed by atoms with Gasteiger partial charge in [0.05, 0.1) is 11.0 Å². The van der Waals surface area contributed by atoms with E-state index in [4.69, 9.17) is 0 Å². The van der Waals surface area contributed by atoms with E-state index in [1.807, 2.05) is 0 Å². The third-order valence-electron chi connectivity index (χ3n) is 4.29. The van der Waals surface area contributed by atoms with Gasteiger partial charge in [0.2, 0.25) is 0 Å². The van der Waals surface area contributed by atoms with Crippen molar-refractivity contribution in [2.45, 2.75) is 16.1 Å². The van der Waals surface area contributed by atoms with Crippen molar-refractivity contribution in [3.05, 3.63) is 66.0 Å². The Morgan fingerprint density at radius 1 is 1.17 bits per heavy atom. The van der Waals surface area contributed by atoms with Crippen molar-refractivity contribution in [3.63, 3.8) is 0 Å². The minimum absolute atomic E-state index is 0.0604. The van der Waals surface area contributed by atoms with E-state index < -0.39 is 38.2 Å². The van der Waals surface area contributed by atoms with Gasteiger partial charge in [-0.25, -0.2) is 12.8 Å². The second-order valence-electron chi connectivity index (χ2n) is 5.60. The minimum atomic E-state index is -4.07. The number of hydrogen-bond donors (Lipinski definition) is 1. The van der Waals surface area contributed by atoms with Crippen LogP contribution in [0.25, 0.3) is 0 Å². The molecule has 122 valence electrons. The molecule has 1 fully saturated rings. The summed E-state index contributed by atoms with van der Waals surface area (Å²) in [5.74, 6) is -3.27. The number of carbonyl (C=O) groups is 1. The number of nitrogens with zero attached hydrogens (tertiary/aromatic N) is 1. The number of rotatable bonds is 4. The Hall–Kier alpha value is -2.72. The van der Waals surface area contributed by atoms with Crippen molar-refractivity contribution >= 4 is 15.8 Å². The second kappa shape index (κ2) is 5.42. The summed E-state index contributed by atoms with van der Waals surface area (Å²) >= 11 is 0. The lowest BCUT2D eigenvalue weighted by Gasteiger charge is -2.04. The number of carboxylic acids is 1. The van der Waals surface area contributed by atoms with E-state index in [9.17, 15) is 28.0 Å². The number of carboxylic acid groups (broad SMARTS) is 1. The van der Waals surface area contributed by atoms with Gasteiger partial charge in [-0.1, -0.05) is 30.3 Å². The van der Waals surface area contributed by atoms with Crippen LogP contribution in [-0.2, 0) is 14.6 Å². The molecule has 3 atom stereocenters. The van der Waals surface area contributed by atoms with Crippen LogP contribution in [0.15, 0.2) is 59.5 Å². The van der Waals surface area contributed by atoms with Gasteiger partial charge in [-0.3, -0.25) is 4.79 Å². The van der Waals surface area contributed by atoms with Crippen molar-refractivity contribution in [1.29, 1.82) is 5.26 Å². The molecule has 0 heterocycles. The first-order valence-corrected chi connectivity index (χ1v) is 8.59. The summed E-state index contributed by atoms with van der Waals surface area (Å²) in [5, 5.41) is 17.5. The predicted molar refractivity (Wildman–Crippen MR) is 82.2 cm³/mol. The van der Waals surface area contributed by atoms with Gasteiger partial charge in [-0.2, -0.15) is 5.26 Å². The standard InChI is InChI=1S/C17H12FNO4S/c18-12-6-4-5-11(9-12)14-15(17(14,10-19)16(20)21)24(22,23)13-7-2-1-3-8-13/h1-9,14-15H,(H,20,21)/t14-,15-,17-/m0/s1. The highest BCUT2D eigenvalue weighted by molar-refractivity contribution is 7.92. The van der Waals surface area contributed by atoms with Crippen LogP contribution in [0.4, 0.5) is 4.39 Å². The van der Waals surface area contributed by atoms with E-state index in [1.54, 1.807) is 12.1 Å². The fraction of sp³-hybridized carbons (Fsp3) is 0.176. The Morgan fingerprint density at radius 2 is 1.83 bits per heavy atom. The highest BCUT2D eigenvalue weighted by atomic mass is 32.2. The highest BCUT2D eigenvalue weighted by Crippen LogP contribution is 2.64. The molecule has 24 heavy (non-hydrogen) atoms. The van der Waals surface area contributed by atoms with Crippen molar-refractivity contribution in [2.24, 2.45) is 5.41 Å². The minimum Gasteiger partial charge on any atom is -0.480 e. The molecular weight excluding hydrogens is 333 g/mol. The molecule has 0 aromatic heterocycles. The van der Waals surface area contributed by atoms with Gasteiger partial charge >= 0.3 is 5.97 Å². The Morgan fingerprint density at radius 3 is 2.38 bits per heavy atom. The molecule has 2 aromatic rings. The summed E-state index contributed by atoms with van der Waals surface area (Å²) in [5.41, 5.74) is -1.94. The maximum Gasteiger partial charge on any atom is 0.326 e. The van der Waals surface area contributed by atoms with Crippen LogP contribution < -0.4 is 0 Å². The zero-order valence-corrected chi connectivity index (χ0v) is 13.1. The molecule has 5 nitrogen and oxygen atoms in total. The largest absolute Gasteiger partial charge is 0.480 e. The SMILES string of the molecule is N#C[C@]1(C(=O)O)[C@@H](c2cccc(F)c2)[C@@H]1S(=O)(=O)c1ccccc1. The van der Waals surface area contributed by atoms with Crippen LogP contribution in [-0.4, -0.2) is 24.7 Å². The third kappa shape index (κ3) is 2.19. The second-order valence-corrected chi connectivity index (χ2v) is 7.67. The smallest absolute Gasteiger partial charge is 0.326 e. The Kier molecular flexibility index (Phi) is 3.65. The number of nitriles is 1. The lowest BCUT2D eigenvalue weighted by Crippen LogP contribution is -2.22. The fourth-order valence-electron chi connectivity index (χ4n) is 3.11. The number of benzene rings is 2. The van der Waals surface area contributed by atoms with Gasteiger partial charge in [0.15, 0.2) is 15.3 Å². The molecule has 3 rings (SSSR count). The monoisotopic (exact) mass is 345 g/mol. The molecule has 0 unspecified atom stereocenters. The topological polar surface area (TPSA) is 95.2 Å². The van der Waals surface area contributed by atoms with Gasteiger partial charge in [-0.05, 0) is 29.8 Å². The van der Waals surface area contributed by atoms with E-state index >= 15 is 0 Å². The summed E-state index contributed by atoms with van der Waals surface area (Å²) in [6.07, 6.45) is 0. The van der Waals surface area contributed by atoms with Crippen LogP contribution >= 0.6 is 0 Å². The Labute approximate surface area is 137 Å². The van der Waals surface area contributed by atoms with E-state index in [0.717, 1.165) is 6.07 Å². The van der Waals surface area contributed by atoms with Crippen molar-refractivity contribution in [1.82, 2.24) is 0 Å².